The molecule has 2 amide bonds. The molecule has 0 bridgehead atoms. The maximum atomic E-state index is 12.1. The summed E-state index contributed by atoms with van der Waals surface area (Å²) in [5, 5.41) is 12.7. The molecule has 1 heterocycles. The molecule has 2 rings (SSSR count). The highest BCUT2D eigenvalue weighted by atomic mass is 35.5. The lowest BCUT2D eigenvalue weighted by Gasteiger charge is -2.32. The Hall–Kier alpha value is -1.01. The van der Waals surface area contributed by atoms with Crippen LogP contribution in [0.3, 0.4) is 0 Å². The van der Waals surface area contributed by atoms with E-state index in [1.165, 1.54) is 0 Å². The normalized spacial score (nSPS) is 19.3. The predicted octanol–water partition coefficient (Wildman–Crippen LogP) is 2.22. The van der Waals surface area contributed by atoms with Crippen molar-refractivity contribution < 1.29 is 14.6 Å². The first-order chi connectivity index (χ1) is 9.10. The molecule has 104 valence electrons. The lowest BCUT2D eigenvalue weighted by molar-refractivity contribution is -0.0388. The van der Waals surface area contributed by atoms with Gasteiger partial charge in [-0.05, 0) is 18.2 Å². The summed E-state index contributed by atoms with van der Waals surface area (Å²) in [6.45, 7) is 1.12. The Morgan fingerprint density at radius 1 is 1.53 bits per heavy atom. The van der Waals surface area contributed by atoms with Gasteiger partial charge < -0.3 is 20.1 Å². The Morgan fingerprint density at radius 2 is 2.32 bits per heavy atom. The van der Waals surface area contributed by atoms with E-state index in [4.69, 9.17) is 33.0 Å². The van der Waals surface area contributed by atoms with E-state index in [1.807, 2.05) is 0 Å². The van der Waals surface area contributed by atoms with Gasteiger partial charge >= 0.3 is 6.03 Å². The largest absolute Gasteiger partial charge is 0.394 e. The number of nitrogens with zero attached hydrogens (tertiary/aromatic N) is 1. The second kappa shape index (κ2) is 6.43. The maximum Gasteiger partial charge on any atom is 0.322 e. The molecule has 1 fully saturated rings. The molecule has 0 aromatic heterocycles. The van der Waals surface area contributed by atoms with Crippen molar-refractivity contribution in [2.45, 2.75) is 6.10 Å². The van der Waals surface area contributed by atoms with Crippen LogP contribution in [0.25, 0.3) is 0 Å². The van der Waals surface area contributed by atoms with Crippen LogP contribution in [-0.2, 0) is 4.74 Å². The number of carbonyl (C=O) groups excluding carboxylic acids is 1. The number of morpholine rings is 1. The van der Waals surface area contributed by atoms with Gasteiger partial charge in [0.1, 0.15) is 0 Å². The average Bonchev–Trinajstić information content (AvgIpc) is 2.43. The number of ether oxygens (including phenoxy) is 1. The molecule has 0 saturated carbocycles. The van der Waals surface area contributed by atoms with Gasteiger partial charge in [-0.2, -0.15) is 0 Å². The third-order valence-electron chi connectivity index (χ3n) is 2.80. The van der Waals surface area contributed by atoms with E-state index in [0.717, 1.165) is 0 Å². The van der Waals surface area contributed by atoms with Crippen molar-refractivity contribution in [3.63, 3.8) is 0 Å². The van der Waals surface area contributed by atoms with Gasteiger partial charge in [-0.3, -0.25) is 0 Å². The first kappa shape index (κ1) is 14.4. The Labute approximate surface area is 121 Å². The van der Waals surface area contributed by atoms with Crippen LogP contribution in [-0.4, -0.2) is 48.4 Å². The minimum absolute atomic E-state index is 0.109. The van der Waals surface area contributed by atoms with Crippen LogP contribution in [0.2, 0.25) is 10.0 Å². The molecular weight excluding hydrogens is 291 g/mol. The third kappa shape index (κ3) is 3.73. The van der Waals surface area contributed by atoms with E-state index >= 15 is 0 Å². The fourth-order valence-electron chi connectivity index (χ4n) is 1.80. The van der Waals surface area contributed by atoms with E-state index in [-0.39, 0.29) is 18.7 Å². The summed E-state index contributed by atoms with van der Waals surface area (Å²) in [6.07, 6.45) is -0.339. The van der Waals surface area contributed by atoms with Gasteiger partial charge in [0.05, 0.1) is 36.6 Å². The van der Waals surface area contributed by atoms with Crippen molar-refractivity contribution >= 4 is 34.9 Å². The van der Waals surface area contributed by atoms with Crippen molar-refractivity contribution in [2.24, 2.45) is 0 Å². The summed E-state index contributed by atoms with van der Waals surface area (Å²) in [5.74, 6) is 0. The average molecular weight is 305 g/mol. The van der Waals surface area contributed by atoms with Crippen LogP contribution in [0.1, 0.15) is 0 Å². The molecule has 7 heteroatoms. The van der Waals surface area contributed by atoms with Crippen molar-refractivity contribution in [1.82, 2.24) is 4.90 Å². The van der Waals surface area contributed by atoms with Crippen molar-refractivity contribution in [3.8, 4) is 0 Å². The molecule has 1 saturated heterocycles. The first-order valence-electron chi connectivity index (χ1n) is 5.83. The molecule has 1 aliphatic heterocycles. The van der Waals surface area contributed by atoms with Crippen LogP contribution in [0.15, 0.2) is 18.2 Å². The van der Waals surface area contributed by atoms with Gasteiger partial charge in [0.15, 0.2) is 0 Å². The number of nitrogens with one attached hydrogen (secondary N) is 1. The highest BCUT2D eigenvalue weighted by molar-refractivity contribution is 6.35. The molecular formula is C12H14Cl2N2O3. The summed E-state index contributed by atoms with van der Waals surface area (Å²) >= 11 is 11.8. The highest BCUT2D eigenvalue weighted by Gasteiger charge is 2.24. The fraction of sp³-hybridized carbons (Fsp3) is 0.417. The number of urea groups is 1. The number of hydrogen-bond acceptors (Lipinski definition) is 3. The van der Waals surface area contributed by atoms with Gasteiger partial charge in [0.2, 0.25) is 0 Å². The first-order valence-corrected chi connectivity index (χ1v) is 6.59. The van der Waals surface area contributed by atoms with Crippen molar-refractivity contribution in [1.29, 1.82) is 0 Å². The van der Waals surface area contributed by atoms with Gasteiger partial charge in [-0.25, -0.2) is 4.79 Å². The Morgan fingerprint density at radius 3 is 3.05 bits per heavy atom. The summed E-state index contributed by atoms with van der Waals surface area (Å²) in [6, 6.07) is 4.57. The number of benzene rings is 1. The van der Waals surface area contributed by atoms with Crippen LogP contribution >= 0.6 is 23.2 Å². The zero-order valence-corrected chi connectivity index (χ0v) is 11.6. The van der Waals surface area contributed by atoms with E-state index in [2.05, 4.69) is 5.32 Å². The molecule has 1 aromatic rings. The summed E-state index contributed by atoms with van der Waals surface area (Å²) in [5.41, 5.74) is 0.464. The molecule has 0 aliphatic carbocycles. The molecule has 2 N–H and O–H groups in total. The standard InChI is InChI=1S/C12H14Cl2N2O3/c13-8-1-2-10(14)11(5-8)15-12(18)16-3-4-19-9(6-16)7-17/h1-2,5,9,17H,3-4,6-7H2,(H,15,18). The van der Waals surface area contributed by atoms with Gasteiger partial charge in [-0.15, -0.1) is 0 Å². The topological polar surface area (TPSA) is 61.8 Å². The molecule has 0 spiro atoms. The van der Waals surface area contributed by atoms with Crippen LogP contribution in [0.5, 0.6) is 0 Å². The number of aliphatic hydroxyl groups excluding tert-OH is 1. The van der Waals surface area contributed by atoms with Gasteiger partial charge in [0, 0.05) is 11.6 Å². The van der Waals surface area contributed by atoms with Gasteiger partial charge in [-0.1, -0.05) is 23.2 Å². The Kier molecular flexibility index (Phi) is 4.87. The lowest BCUT2D eigenvalue weighted by Crippen LogP contribution is -2.48. The molecule has 1 unspecified atom stereocenters. The number of rotatable bonds is 2. The van der Waals surface area contributed by atoms with E-state index in [1.54, 1.807) is 23.1 Å². The maximum absolute atomic E-state index is 12.1. The van der Waals surface area contributed by atoms with E-state index in [0.29, 0.717) is 35.4 Å². The molecule has 1 aromatic carbocycles. The quantitative estimate of drug-likeness (QED) is 0.880. The van der Waals surface area contributed by atoms with Crippen LogP contribution in [0, 0.1) is 0 Å². The molecule has 1 aliphatic rings. The number of amides is 2. The monoisotopic (exact) mass is 304 g/mol. The summed E-state index contributed by atoms with van der Waals surface area (Å²) in [7, 11) is 0. The molecule has 0 radical (unpaired) electrons. The summed E-state index contributed by atoms with van der Waals surface area (Å²) in [4.78, 5) is 13.6. The minimum atomic E-state index is -0.339. The lowest BCUT2D eigenvalue weighted by atomic mass is 10.3. The third-order valence-corrected chi connectivity index (χ3v) is 3.36. The van der Waals surface area contributed by atoms with Crippen molar-refractivity contribution in [3.05, 3.63) is 28.2 Å². The predicted molar refractivity (Wildman–Crippen MR) is 73.9 cm³/mol. The number of aliphatic hydroxyl groups is 1. The van der Waals surface area contributed by atoms with Crippen LogP contribution < -0.4 is 5.32 Å². The number of carbonyl (C=O) groups is 1. The van der Waals surface area contributed by atoms with E-state index in [9.17, 15) is 4.79 Å². The number of halogens is 2. The second-order valence-corrected chi connectivity index (χ2v) is 5.02. The number of hydrogen-bond donors (Lipinski definition) is 2. The molecule has 19 heavy (non-hydrogen) atoms. The van der Waals surface area contributed by atoms with E-state index < -0.39 is 0 Å². The fourth-order valence-corrected chi connectivity index (χ4v) is 2.14. The number of anilines is 1. The smallest absolute Gasteiger partial charge is 0.322 e. The zero-order chi connectivity index (χ0) is 13.8. The van der Waals surface area contributed by atoms with Crippen LogP contribution in [0.4, 0.5) is 10.5 Å². The Balaban J connectivity index is 2.02. The highest BCUT2D eigenvalue weighted by Crippen LogP contribution is 2.25. The Bertz CT molecular complexity index is 470. The summed E-state index contributed by atoms with van der Waals surface area (Å²) < 4.78 is 5.28. The molecule has 1 atom stereocenters. The SMILES string of the molecule is O=C(Nc1cc(Cl)ccc1Cl)N1CCOC(CO)C1. The zero-order valence-electron chi connectivity index (χ0n) is 10.1. The minimum Gasteiger partial charge on any atom is -0.394 e. The van der Waals surface area contributed by atoms with Crippen molar-refractivity contribution in [2.75, 3.05) is 31.6 Å². The second-order valence-electron chi connectivity index (χ2n) is 4.18. The molecule has 5 nitrogen and oxygen atoms in total. The van der Waals surface area contributed by atoms with Gasteiger partial charge in [0.25, 0.3) is 0 Å².